The summed E-state index contributed by atoms with van der Waals surface area (Å²) in [5.74, 6) is 0.691. The van der Waals surface area contributed by atoms with E-state index in [0.717, 1.165) is 37.2 Å². The van der Waals surface area contributed by atoms with E-state index in [4.69, 9.17) is 5.73 Å². The Morgan fingerprint density at radius 3 is 2.90 bits per heavy atom. The van der Waals surface area contributed by atoms with Gasteiger partial charge in [-0.25, -0.2) is 9.97 Å². The Morgan fingerprint density at radius 1 is 1.33 bits per heavy atom. The number of rotatable bonds is 4. The van der Waals surface area contributed by atoms with Gasteiger partial charge in [0.15, 0.2) is 0 Å². The molecule has 0 saturated carbocycles. The van der Waals surface area contributed by atoms with E-state index in [2.05, 4.69) is 9.97 Å². The minimum absolute atomic E-state index is 0.214. The molecule has 6 nitrogen and oxygen atoms in total. The van der Waals surface area contributed by atoms with Gasteiger partial charge in [-0.15, -0.1) is 0 Å². The van der Waals surface area contributed by atoms with Gasteiger partial charge in [0.2, 0.25) is 5.91 Å². The highest BCUT2D eigenvalue weighted by molar-refractivity contribution is 5.76. The van der Waals surface area contributed by atoms with Crippen molar-refractivity contribution in [2.24, 2.45) is 0 Å². The van der Waals surface area contributed by atoms with Gasteiger partial charge in [0.05, 0.1) is 18.2 Å². The number of hydrogen-bond donors (Lipinski definition) is 1. The summed E-state index contributed by atoms with van der Waals surface area (Å²) in [4.78, 5) is 22.3. The van der Waals surface area contributed by atoms with Crippen molar-refractivity contribution in [2.75, 3.05) is 18.8 Å². The van der Waals surface area contributed by atoms with E-state index in [0.29, 0.717) is 18.8 Å². The molecule has 21 heavy (non-hydrogen) atoms. The quantitative estimate of drug-likeness (QED) is 0.924. The summed E-state index contributed by atoms with van der Waals surface area (Å²) in [7, 11) is 0. The lowest BCUT2D eigenvalue weighted by Crippen LogP contribution is -2.28. The molecular weight excluding hydrogens is 266 g/mol. The Bertz CT molecular complexity index is 630. The van der Waals surface area contributed by atoms with Gasteiger partial charge in [-0.2, -0.15) is 0 Å². The Morgan fingerprint density at radius 2 is 2.14 bits per heavy atom. The number of imidazole rings is 1. The number of nitrogens with zero attached hydrogens (tertiary/aromatic N) is 4. The van der Waals surface area contributed by atoms with Gasteiger partial charge in [0.25, 0.3) is 0 Å². The fourth-order valence-corrected chi connectivity index (χ4v) is 2.70. The number of carbonyl (C=O) groups is 1. The Kier molecular flexibility index (Phi) is 3.85. The lowest BCUT2D eigenvalue weighted by molar-refractivity contribution is -0.130. The smallest absolute Gasteiger partial charge is 0.224 e. The summed E-state index contributed by atoms with van der Waals surface area (Å²) in [6, 6.07) is 3.76. The molecule has 1 saturated heterocycles. The van der Waals surface area contributed by atoms with Crippen LogP contribution in [0.1, 0.15) is 19.3 Å². The molecule has 1 aliphatic heterocycles. The largest absolute Gasteiger partial charge is 0.383 e. The normalized spacial score (nSPS) is 14.6. The number of amides is 1. The molecule has 2 N–H and O–H groups in total. The predicted octanol–water partition coefficient (Wildman–Crippen LogP) is 1.54. The van der Waals surface area contributed by atoms with Crippen molar-refractivity contribution in [3.8, 4) is 11.3 Å². The van der Waals surface area contributed by atoms with Crippen molar-refractivity contribution in [3.05, 3.63) is 30.9 Å². The van der Waals surface area contributed by atoms with Crippen molar-refractivity contribution >= 4 is 11.7 Å². The second kappa shape index (κ2) is 5.95. The average molecular weight is 285 g/mol. The first-order chi connectivity index (χ1) is 10.3. The SMILES string of the molecule is Nc1ncccc1-c1cncn1CCC(=O)N1CCCC1. The molecule has 0 aromatic carbocycles. The third kappa shape index (κ3) is 2.89. The Labute approximate surface area is 123 Å². The van der Waals surface area contributed by atoms with Crippen LogP contribution in [0.15, 0.2) is 30.9 Å². The topological polar surface area (TPSA) is 77.0 Å². The zero-order chi connectivity index (χ0) is 14.7. The summed E-state index contributed by atoms with van der Waals surface area (Å²) >= 11 is 0. The van der Waals surface area contributed by atoms with Crippen molar-refractivity contribution in [2.45, 2.75) is 25.8 Å². The predicted molar refractivity (Wildman–Crippen MR) is 80.3 cm³/mol. The maximum Gasteiger partial charge on any atom is 0.224 e. The maximum absolute atomic E-state index is 12.1. The number of hydrogen-bond acceptors (Lipinski definition) is 4. The zero-order valence-electron chi connectivity index (χ0n) is 11.9. The van der Waals surface area contributed by atoms with E-state index < -0.39 is 0 Å². The second-order valence-corrected chi connectivity index (χ2v) is 5.25. The molecule has 0 atom stereocenters. The van der Waals surface area contributed by atoms with Gasteiger partial charge in [0.1, 0.15) is 5.82 Å². The number of anilines is 1. The number of aromatic nitrogens is 3. The molecule has 0 spiro atoms. The number of pyridine rings is 1. The molecule has 0 radical (unpaired) electrons. The van der Waals surface area contributed by atoms with Crippen LogP contribution < -0.4 is 5.73 Å². The third-order valence-corrected chi connectivity index (χ3v) is 3.85. The van der Waals surface area contributed by atoms with E-state index in [9.17, 15) is 4.79 Å². The van der Waals surface area contributed by atoms with Gasteiger partial charge >= 0.3 is 0 Å². The fourth-order valence-electron chi connectivity index (χ4n) is 2.70. The van der Waals surface area contributed by atoms with Crippen LogP contribution in [-0.2, 0) is 11.3 Å². The Hall–Kier alpha value is -2.37. The monoisotopic (exact) mass is 285 g/mol. The number of nitrogen functional groups attached to an aromatic ring is 1. The van der Waals surface area contributed by atoms with Crippen molar-refractivity contribution in [1.29, 1.82) is 0 Å². The van der Waals surface area contributed by atoms with E-state index in [1.807, 2.05) is 21.6 Å². The first-order valence-corrected chi connectivity index (χ1v) is 7.24. The van der Waals surface area contributed by atoms with Crippen LogP contribution in [0.3, 0.4) is 0 Å². The van der Waals surface area contributed by atoms with Gasteiger partial charge < -0.3 is 15.2 Å². The molecule has 110 valence electrons. The third-order valence-electron chi connectivity index (χ3n) is 3.85. The zero-order valence-corrected chi connectivity index (χ0v) is 11.9. The number of nitrogens with two attached hydrogens (primary N) is 1. The molecule has 1 amide bonds. The molecule has 0 aliphatic carbocycles. The molecule has 2 aromatic heterocycles. The second-order valence-electron chi connectivity index (χ2n) is 5.25. The minimum atomic E-state index is 0.214. The van der Waals surface area contributed by atoms with Gasteiger partial charge in [-0.1, -0.05) is 0 Å². The number of carbonyl (C=O) groups excluding carboxylic acids is 1. The molecule has 3 rings (SSSR count). The highest BCUT2D eigenvalue weighted by atomic mass is 16.2. The first-order valence-electron chi connectivity index (χ1n) is 7.24. The van der Waals surface area contributed by atoms with Crippen LogP contribution in [0.5, 0.6) is 0 Å². The van der Waals surface area contributed by atoms with Crippen molar-refractivity contribution < 1.29 is 4.79 Å². The highest BCUT2D eigenvalue weighted by Crippen LogP contribution is 2.23. The molecule has 0 unspecified atom stereocenters. The molecule has 2 aromatic rings. The molecule has 3 heterocycles. The molecule has 0 bridgehead atoms. The van der Waals surface area contributed by atoms with Crippen LogP contribution in [-0.4, -0.2) is 38.4 Å². The molecular formula is C15H19N5O. The van der Waals surface area contributed by atoms with Crippen LogP contribution >= 0.6 is 0 Å². The van der Waals surface area contributed by atoms with E-state index >= 15 is 0 Å². The summed E-state index contributed by atoms with van der Waals surface area (Å²) in [6.45, 7) is 2.40. The average Bonchev–Trinajstić information content (AvgIpc) is 3.17. The van der Waals surface area contributed by atoms with Gasteiger partial charge in [0, 0.05) is 37.8 Å². The van der Waals surface area contributed by atoms with Crippen LogP contribution in [0, 0.1) is 0 Å². The molecule has 1 fully saturated rings. The first kappa shape index (κ1) is 13.6. The van der Waals surface area contributed by atoms with Crippen molar-refractivity contribution in [3.63, 3.8) is 0 Å². The number of likely N-dealkylation sites (tertiary alicyclic amines) is 1. The van der Waals surface area contributed by atoms with E-state index in [1.54, 1.807) is 18.7 Å². The Balaban J connectivity index is 1.71. The van der Waals surface area contributed by atoms with Crippen LogP contribution in [0.2, 0.25) is 0 Å². The molecule has 6 heteroatoms. The van der Waals surface area contributed by atoms with Crippen molar-refractivity contribution in [1.82, 2.24) is 19.4 Å². The van der Waals surface area contributed by atoms with Gasteiger partial charge in [-0.05, 0) is 25.0 Å². The fraction of sp³-hybridized carbons (Fsp3) is 0.400. The van der Waals surface area contributed by atoms with E-state index in [1.165, 1.54) is 0 Å². The number of aryl methyl sites for hydroxylation is 1. The highest BCUT2D eigenvalue weighted by Gasteiger charge is 2.18. The van der Waals surface area contributed by atoms with Crippen LogP contribution in [0.4, 0.5) is 5.82 Å². The standard InChI is InChI=1S/C15H19N5O/c16-15-12(4-3-6-18-15)13-10-17-11-20(13)9-5-14(21)19-7-1-2-8-19/h3-4,6,10-11H,1-2,5,7-9H2,(H2,16,18). The summed E-state index contributed by atoms with van der Waals surface area (Å²) in [5, 5.41) is 0. The lowest BCUT2D eigenvalue weighted by Gasteiger charge is -2.16. The lowest BCUT2D eigenvalue weighted by atomic mass is 10.2. The summed E-state index contributed by atoms with van der Waals surface area (Å²) < 4.78 is 1.96. The summed E-state index contributed by atoms with van der Waals surface area (Å²) in [6.07, 6.45) is 7.88. The van der Waals surface area contributed by atoms with E-state index in [-0.39, 0.29) is 5.91 Å². The summed E-state index contributed by atoms with van der Waals surface area (Å²) in [5.41, 5.74) is 7.66. The van der Waals surface area contributed by atoms with Gasteiger partial charge in [-0.3, -0.25) is 4.79 Å². The maximum atomic E-state index is 12.1. The van der Waals surface area contributed by atoms with Crippen LogP contribution in [0.25, 0.3) is 11.3 Å². The minimum Gasteiger partial charge on any atom is -0.383 e. The molecule has 1 aliphatic rings.